The van der Waals surface area contributed by atoms with Crippen molar-refractivity contribution in [2.24, 2.45) is 0 Å². The largest absolute Gasteiger partial charge is 0.483 e. The number of benzene rings is 2. The standard InChI is InChI=1S/C26H26N4O4S2/c27-21-11-19(34-23(14-32)17-6-7-28-24(35)10-17)8-18-9-22(30-25(18)21)26(33)29-12-20(13-31)36-15-16-4-2-1-3-5-16/h1-11,13,20,23,30,32H,12,14-15,27H2,(H,28,35)(H,29,33). The maximum Gasteiger partial charge on any atom is 0.267 e. The number of fused-ring (bicyclic) bond motifs is 1. The third-order valence-electron chi connectivity index (χ3n) is 5.51. The lowest BCUT2D eigenvalue weighted by atomic mass is 10.1. The van der Waals surface area contributed by atoms with Gasteiger partial charge in [-0.25, -0.2) is 0 Å². The van der Waals surface area contributed by atoms with Crippen LogP contribution in [0.1, 0.15) is 27.7 Å². The van der Waals surface area contributed by atoms with Crippen LogP contribution in [0, 0.1) is 4.64 Å². The molecule has 2 heterocycles. The third kappa shape index (κ3) is 6.34. The van der Waals surface area contributed by atoms with Crippen molar-refractivity contribution in [3.05, 3.63) is 88.3 Å². The molecule has 0 bridgehead atoms. The van der Waals surface area contributed by atoms with E-state index in [0.29, 0.717) is 38.4 Å². The molecule has 0 radical (unpaired) electrons. The maximum atomic E-state index is 12.8. The second-order valence-corrected chi connectivity index (χ2v) is 9.78. The summed E-state index contributed by atoms with van der Waals surface area (Å²) in [5, 5.41) is 13.0. The highest BCUT2D eigenvalue weighted by atomic mass is 32.2. The average molecular weight is 523 g/mol. The number of pyridine rings is 1. The fourth-order valence-electron chi connectivity index (χ4n) is 3.68. The number of hydrogen-bond acceptors (Lipinski definition) is 7. The SMILES string of the molecule is Nc1cc(OC(CO)c2cc[nH]c(=S)c2)cc2cc(C(=O)NCC(C=O)SCc3ccccc3)[nH]c12. The van der Waals surface area contributed by atoms with E-state index in [4.69, 9.17) is 22.7 Å². The molecule has 8 nitrogen and oxygen atoms in total. The number of anilines is 1. The van der Waals surface area contributed by atoms with Gasteiger partial charge in [0.2, 0.25) is 0 Å². The summed E-state index contributed by atoms with van der Waals surface area (Å²) in [6.45, 7) is -0.0473. The highest BCUT2D eigenvalue weighted by Gasteiger charge is 2.17. The highest BCUT2D eigenvalue weighted by Crippen LogP contribution is 2.30. The molecule has 0 saturated heterocycles. The van der Waals surface area contributed by atoms with Crippen molar-refractivity contribution in [3.8, 4) is 5.75 Å². The maximum absolute atomic E-state index is 12.8. The number of rotatable bonds is 11. The number of H-pyrrole nitrogens is 2. The third-order valence-corrected chi connectivity index (χ3v) is 6.96. The summed E-state index contributed by atoms with van der Waals surface area (Å²) in [7, 11) is 0. The van der Waals surface area contributed by atoms with Crippen molar-refractivity contribution < 1.29 is 19.4 Å². The Labute approximate surface area is 217 Å². The van der Waals surface area contributed by atoms with Gasteiger partial charge in [-0.2, -0.15) is 0 Å². The number of nitrogen functional groups attached to an aromatic ring is 1. The second kappa shape index (κ2) is 11.9. The molecule has 10 heteroatoms. The van der Waals surface area contributed by atoms with Crippen molar-refractivity contribution >= 4 is 52.8 Å². The molecule has 2 unspecified atom stereocenters. The number of thioether (sulfide) groups is 1. The van der Waals surface area contributed by atoms with E-state index in [1.165, 1.54) is 11.8 Å². The Morgan fingerprint density at radius 2 is 2.00 bits per heavy atom. The Bertz CT molecular complexity index is 1400. The summed E-state index contributed by atoms with van der Waals surface area (Å²) in [6, 6.07) is 18.4. The minimum atomic E-state index is -0.631. The predicted molar refractivity (Wildman–Crippen MR) is 145 cm³/mol. The smallest absolute Gasteiger partial charge is 0.267 e. The Kier molecular flexibility index (Phi) is 8.42. The molecular weight excluding hydrogens is 496 g/mol. The van der Waals surface area contributed by atoms with E-state index in [9.17, 15) is 14.7 Å². The van der Waals surface area contributed by atoms with Crippen LogP contribution in [0.3, 0.4) is 0 Å². The molecule has 4 aromatic rings. The Morgan fingerprint density at radius 1 is 1.19 bits per heavy atom. The summed E-state index contributed by atoms with van der Waals surface area (Å²) in [5.74, 6) is 0.782. The van der Waals surface area contributed by atoms with Crippen LogP contribution in [0.25, 0.3) is 10.9 Å². The first kappa shape index (κ1) is 25.5. The lowest BCUT2D eigenvalue weighted by Crippen LogP contribution is -2.31. The van der Waals surface area contributed by atoms with Crippen molar-refractivity contribution in [2.45, 2.75) is 17.1 Å². The van der Waals surface area contributed by atoms with Gasteiger partial charge >= 0.3 is 0 Å². The molecule has 0 spiro atoms. The molecule has 0 aliphatic carbocycles. The Morgan fingerprint density at radius 3 is 2.72 bits per heavy atom. The number of aldehydes is 1. The molecule has 0 aliphatic heterocycles. The number of aliphatic hydroxyl groups excluding tert-OH is 1. The van der Waals surface area contributed by atoms with Crippen LogP contribution < -0.4 is 15.8 Å². The fraction of sp³-hybridized carbons (Fsp3) is 0.192. The van der Waals surface area contributed by atoms with Crippen LogP contribution in [0.5, 0.6) is 5.75 Å². The molecule has 2 aromatic carbocycles. The second-order valence-electron chi connectivity index (χ2n) is 8.12. The number of amides is 1. The quantitative estimate of drug-likeness (QED) is 0.114. The molecule has 6 N–H and O–H groups in total. The predicted octanol–water partition coefficient (Wildman–Crippen LogP) is 4.15. The van der Waals surface area contributed by atoms with Gasteiger partial charge in [0.15, 0.2) is 0 Å². The number of carbonyl (C=O) groups excluding carboxylic acids is 2. The topological polar surface area (TPSA) is 133 Å². The fourth-order valence-corrected chi connectivity index (χ4v) is 4.77. The van der Waals surface area contributed by atoms with Crippen LogP contribution in [-0.4, -0.2) is 45.7 Å². The number of hydrogen-bond donors (Lipinski definition) is 5. The molecule has 0 aliphatic rings. The number of aromatic nitrogens is 2. The van der Waals surface area contributed by atoms with Gasteiger partial charge in [-0.05, 0) is 35.4 Å². The van der Waals surface area contributed by atoms with E-state index in [0.717, 1.165) is 17.4 Å². The Hall–Kier alpha value is -3.60. The normalized spacial score (nSPS) is 12.7. The average Bonchev–Trinajstić information content (AvgIpc) is 3.33. The summed E-state index contributed by atoms with van der Waals surface area (Å²) < 4.78 is 6.50. The van der Waals surface area contributed by atoms with Crippen LogP contribution in [0.2, 0.25) is 0 Å². The van der Waals surface area contributed by atoms with Gasteiger partial charge in [-0.15, -0.1) is 11.8 Å². The van der Waals surface area contributed by atoms with Gasteiger partial charge in [-0.1, -0.05) is 42.5 Å². The molecule has 4 rings (SSSR count). The lowest BCUT2D eigenvalue weighted by Gasteiger charge is -2.17. The first-order valence-electron chi connectivity index (χ1n) is 11.2. The van der Waals surface area contributed by atoms with E-state index in [1.807, 2.05) is 30.3 Å². The number of nitrogens with two attached hydrogens (primary N) is 1. The zero-order valence-electron chi connectivity index (χ0n) is 19.3. The lowest BCUT2D eigenvalue weighted by molar-refractivity contribution is -0.107. The van der Waals surface area contributed by atoms with Crippen LogP contribution >= 0.6 is 24.0 Å². The van der Waals surface area contributed by atoms with Gasteiger partial charge in [0.25, 0.3) is 5.91 Å². The first-order valence-corrected chi connectivity index (χ1v) is 12.7. The number of aromatic amines is 2. The minimum Gasteiger partial charge on any atom is -0.483 e. The first-order chi connectivity index (χ1) is 17.5. The number of aliphatic hydroxyl groups is 1. The number of nitrogens with one attached hydrogen (secondary N) is 3. The van der Waals surface area contributed by atoms with E-state index < -0.39 is 6.10 Å². The zero-order valence-corrected chi connectivity index (χ0v) is 20.9. The molecular formula is C26H26N4O4S2. The van der Waals surface area contributed by atoms with E-state index >= 15 is 0 Å². The van der Waals surface area contributed by atoms with Crippen LogP contribution in [-0.2, 0) is 10.5 Å². The van der Waals surface area contributed by atoms with Crippen molar-refractivity contribution in [3.63, 3.8) is 0 Å². The van der Waals surface area contributed by atoms with Crippen molar-refractivity contribution in [1.82, 2.24) is 15.3 Å². The van der Waals surface area contributed by atoms with E-state index in [2.05, 4.69) is 15.3 Å². The zero-order chi connectivity index (χ0) is 25.5. The molecule has 2 atom stereocenters. The summed E-state index contributed by atoms with van der Waals surface area (Å²) in [4.78, 5) is 30.2. The van der Waals surface area contributed by atoms with E-state index in [-0.39, 0.29) is 24.3 Å². The van der Waals surface area contributed by atoms with Gasteiger partial charge in [0, 0.05) is 29.9 Å². The van der Waals surface area contributed by atoms with Crippen LogP contribution in [0.4, 0.5) is 5.69 Å². The van der Waals surface area contributed by atoms with Crippen LogP contribution in [0.15, 0.2) is 66.9 Å². The molecule has 0 saturated carbocycles. The molecule has 36 heavy (non-hydrogen) atoms. The molecule has 2 aromatic heterocycles. The number of carbonyl (C=O) groups is 2. The van der Waals surface area contributed by atoms with Gasteiger partial charge < -0.3 is 35.7 Å². The van der Waals surface area contributed by atoms with Gasteiger partial charge in [0.05, 0.1) is 23.1 Å². The van der Waals surface area contributed by atoms with Crippen molar-refractivity contribution in [1.29, 1.82) is 0 Å². The molecule has 186 valence electrons. The summed E-state index contributed by atoms with van der Waals surface area (Å²) in [6.07, 6.45) is 1.90. The minimum absolute atomic E-state index is 0.205. The summed E-state index contributed by atoms with van der Waals surface area (Å²) in [5.41, 5.74) is 9.37. The molecule has 0 fully saturated rings. The Balaban J connectivity index is 1.42. The summed E-state index contributed by atoms with van der Waals surface area (Å²) >= 11 is 6.62. The van der Waals surface area contributed by atoms with Crippen molar-refractivity contribution in [2.75, 3.05) is 18.9 Å². The van der Waals surface area contributed by atoms with Gasteiger partial charge in [0.1, 0.15) is 28.5 Å². The monoisotopic (exact) mass is 522 g/mol. The number of ether oxygens (including phenoxy) is 1. The van der Waals surface area contributed by atoms with Gasteiger partial charge in [-0.3, -0.25) is 4.79 Å². The molecule has 1 amide bonds. The van der Waals surface area contributed by atoms with E-state index in [1.54, 1.807) is 36.5 Å². The highest BCUT2D eigenvalue weighted by molar-refractivity contribution is 7.99.